The summed E-state index contributed by atoms with van der Waals surface area (Å²) in [6.45, 7) is 1.52. The van der Waals surface area contributed by atoms with Gasteiger partial charge in [0.1, 0.15) is 0 Å². The first kappa shape index (κ1) is 19.3. The number of nitrogens with one attached hydrogen (secondary N) is 1. The highest BCUT2D eigenvalue weighted by Gasteiger charge is 2.20. The molecule has 0 aliphatic rings. The van der Waals surface area contributed by atoms with E-state index in [9.17, 15) is 14.9 Å². The molecule has 0 aliphatic carbocycles. The second kappa shape index (κ2) is 7.43. The van der Waals surface area contributed by atoms with Crippen molar-refractivity contribution in [1.82, 2.24) is 14.6 Å². The molecule has 0 saturated heterocycles. The second-order valence-corrected chi connectivity index (χ2v) is 7.72. The number of benzene rings is 2. The van der Waals surface area contributed by atoms with Crippen molar-refractivity contribution in [3.05, 3.63) is 73.1 Å². The van der Waals surface area contributed by atoms with E-state index in [4.69, 9.17) is 23.2 Å². The Kier molecular flexibility index (Phi) is 4.95. The fourth-order valence-corrected chi connectivity index (χ4v) is 4.18. The molecule has 1 amide bonds. The van der Waals surface area contributed by atoms with Gasteiger partial charge in [-0.3, -0.25) is 20.2 Å². The number of nitrogens with zero attached hydrogens (tertiary/aromatic N) is 4. The molecule has 2 heterocycles. The first-order chi connectivity index (χ1) is 13.8. The summed E-state index contributed by atoms with van der Waals surface area (Å²) < 4.78 is 1.57. The minimum atomic E-state index is -0.532. The minimum Gasteiger partial charge on any atom is -0.289 e. The maximum absolute atomic E-state index is 12.6. The molecule has 146 valence electrons. The molecule has 2 aromatic carbocycles. The lowest BCUT2D eigenvalue weighted by atomic mass is 10.1. The molecule has 0 fully saturated rings. The summed E-state index contributed by atoms with van der Waals surface area (Å²) in [6, 6.07) is 9.44. The van der Waals surface area contributed by atoms with Gasteiger partial charge in [0.05, 0.1) is 15.6 Å². The quantitative estimate of drug-likeness (QED) is 0.340. The van der Waals surface area contributed by atoms with Crippen molar-refractivity contribution in [2.45, 2.75) is 6.92 Å². The van der Waals surface area contributed by atoms with Crippen LogP contribution in [0.15, 0.2) is 41.8 Å². The molecule has 2 aromatic heterocycles. The number of amides is 1. The molecule has 0 spiro atoms. The number of carbonyl (C=O) groups excluding carboxylic acids is 1. The number of anilines is 1. The van der Waals surface area contributed by atoms with Gasteiger partial charge in [-0.25, -0.2) is 4.52 Å². The number of nitro groups is 1. The Morgan fingerprint density at radius 3 is 2.79 bits per heavy atom. The third kappa shape index (κ3) is 3.55. The molecule has 0 bridgehead atoms. The van der Waals surface area contributed by atoms with Crippen molar-refractivity contribution >= 4 is 57.0 Å². The Labute approximate surface area is 177 Å². The first-order valence-corrected chi connectivity index (χ1v) is 9.84. The average Bonchev–Trinajstić information content (AvgIpc) is 3.22. The number of rotatable bonds is 4. The van der Waals surface area contributed by atoms with E-state index in [2.05, 4.69) is 15.4 Å². The number of thiazole rings is 1. The van der Waals surface area contributed by atoms with E-state index in [1.807, 2.05) is 5.38 Å². The van der Waals surface area contributed by atoms with Crippen LogP contribution in [0.1, 0.15) is 15.9 Å². The summed E-state index contributed by atoms with van der Waals surface area (Å²) in [5, 5.41) is 20.8. The lowest BCUT2D eigenvalue weighted by molar-refractivity contribution is -0.385. The molecule has 0 unspecified atom stereocenters. The number of hydrogen-bond acceptors (Lipinski definition) is 6. The van der Waals surface area contributed by atoms with E-state index >= 15 is 0 Å². The van der Waals surface area contributed by atoms with Gasteiger partial charge in [-0.05, 0) is 31.2 Å². The van der Waals surface area contributed by atoms with Gasteiger partial charge in [-0.1, -0.05) is 29.3 Å². The van der Waals surface area contributed by atoms with Gasteiger partial charge >= 0.3 is 0 Å². The van der Waals surface area contributed by atoms with Crippen molar-refractivity contribution in [2.75, 3.05) is 5.32 Å². The zero-order chi connectivity index (χ0) is 20.7. The molecule has 4 aromatic rings. The topological polar surface area (TPSA) is 102 Å². The molecule has 0 radical (unpaired) electrons. The zero-order valence-corrected chi connectivity index (χ0v) is 17.0. The third-order valence-corrected chi connectivity index (χ3v) is 5.62. The molecule has 1 N–H and O–H groups in total. The fraction of sp³-hybridized carbons (Fsp3) is 0.0556. The monoisotopic (exact) mass is 447 g/mol. The molecule has 0 saturated carbocycles. The first-order valence-electron chi connectivity index (χ1n) is 8.20. The van der Waals surface area contributed by atoms with Crippen molar-refractivity contribution in [3.8, 4) is 11.3 Å². The highest BCUT2D eigenvalue weighted by atomic mass is 35.5. The number of carbonyl (C=O) groups is 1. The van der Waals surface area contributed by atoms with Crippen molar-refractivity contribution in [3.63, 3.8) is 0 Å². The summed E-state index contributed by atoms with van der Waals surface area (Å²) >= 11 is 13.6. The zero-order valence-electron chi connectivity index (χ0n) is 14.7. The Balaban J connectivity index is 1.67. The summed E-state index contributed by atoms with van der Waals surface area (Å²) in [7, 11) is 0. The number of hydrogen-bond donors (Lipinski definition) is 1. The number of halogens is 2. The largest absolute Gasteiger partial charge is 0.289 e. The molecular weight excluding hydrogens is 437 g/mol. The molecule has 11 heteroatoms. The van der Waals surface area contributed by atoms with Crippen LogP contribution in [-0.4, -0.2) is 25.4 Å². The predicted molar refractivity (Wildman–Crippen MR) is 112 cm³/mol. The van der Waals surface area contributed by atoms with Gasteiger partial charge in [0.25, 0.3) is 17.5 Å². The Morgan fingerprint density at radius 1 is 1.28 bits per heavy atom. The van der Waals surface area contributed by atoms with E-state index in [0.717, 1.165) is 5.56 Å². The summed E-state index contributed by atoms with van der Waals surface area (Å²) in [6.07, 6.45) is 0. The van der Waals surface area contributed by atoms with Crippen LogP contribution in [0.3, 0.4) is 0 Å². The van der Waals surface area contributed by atoms with Crippen LogP contribution in [-0.2, 0) is 0 Å². The standard InChI is InChI=1S/C18H11Cl2N5O3S/c1-9-11(3-2-4-14(9)25(27)28)16(26)21-17-22-18-24(23-17)15(8-29-18)12-6-5-10(19)7-13(12)20/h2-8H,1H3,(H,21,23,26). The molecule has 4 rings (SSSR count). The maximum atomic E-state index is 12.6. The highest BCUT2D eigenvalue weighted by molar-refractivity contribution is 7.15. The number of aromatic nitrogens is 3. The van der Waals surface area contributed by atoms with Gasteiger partial charge in [0, 0.05) is 33.2 Å². The van der Waals surface area contributed by atoms with Crippen molar-refractivity contribution in [2.24, 2.45) is 0 Å². The molecule has 0 aliphatic heterocycles. The van der Waals surface area contributed by atoms with Crippen LogP contribution >= 0.6 is 34.5 Å². The van der Waals surface area contributed by atoms with E-state index in [1.165, 1.54) is 36.5 Å². The fourth-order valence-electron chi connectivity index (χ4n) is 2.85. The van der Waals surface area contributed by atoms with Crippen LogP contribution in [0.4, 0.5) is 11.6 Å². The van der Waals surface area contributed by atoms with Gasteiger partial charge in [0.15, 0.2) is 0 Å². The van der Waals surface area contributed by atoms with Crippen LogP contribution in [0.5, 0.6) is 0 Å². The van der Waals surface area contributed by atoms with E-state index in [-0.39, 0.29) is 22.8 Å². The Bertz CT molecular complexity index is 1280. The second-order valence-electron chi connectivity index (χ2n) is 6.04. The SMILES string of the molecule is Cc1c(C(=O)Nc2nc3scc(-c4ccc(Cl)cc4Cl)n3n2)cccc1[N+](=O)[O-]. The van der Waals surface area contributed by atoms with Gasteiger partial charge in [-0.15, -0.1) is 16.4 Å². The van der Waals surface area contributed by atoms with Gasteiger partial charge in [0.2, 0.25) is 4.96 Å². The number of fused-ring (bicyclic) bond motifs is 1. The normalized spacial score (nSPS) is 11.0. The average molecular weight is 448 g/mol. The predicted octanol–water partition coefficient (Wildman–Crippen LogP) is 5.23. The van der Waals surface area contributed by atoms with Crippen LogP contribution < -0.4 is 5.32 Å². The van der Waals surface area contributed by atoms with E-state index < -0.39 is 10.8 Å². The van der Waals surface area contributed by atoms with Crippen LogP contribution in [0.2, 0.25) is 10.0 Å². The van der Waals surface area contributed by atoms with Crippen LogP contribution in [0.25, 0.3) is 16.2 Å². The molecule has 8 nitrogen and oxygen atoms in total. The van der Waals surface area contributed by atoms with E-state index in [0.29, 0.717) is 20.7 Å². The van der Waals surface area contributed by atoms with E-state index in [1.54, 1.807) is 22.7 Å². The van der Waals surface area contributed by atoms with Gasteiger partial charge < -0.3 is 0 Å². The molecule has 0 atom stereocenters. The Hall–Kier alpha value is -3.01. The maximum Gasteiger partial charge on any atom is 0.273 e. The lowest BCUT2D eigenvalue weighted by Gasteiger charge is -2.05. The van der Waals surface area contributed by atoms with Gasteiger partial charge in [-0.2, -0.15) is 4.98 Å². The lowest BCUT2D eigenvalue weighted by Crippen LogP contribution is -2.15. The van der Waals surface area contributed by atoms with Crippen LogP contribution in [0, 0.1) is 17.0 Å². The molecular formula is C18H11Cl2N5O3S. The summed E-state index contributed by atoms with van der Waals surface area (Å²) in [4.78, 5) is 28.0. The molecule has 29 heavy (non-hydrogen) atoms. The van der Waals surface area contributed by atoms with Crippen molar-refractivity contribution < 1.29 is 9.72 Å². The summed E-state index contributed by atoms with van der Waals surface area (Å²) in [5.74, 6) is -0.449. The third-order valence-electron chi connectivity index (χ3n) is 4.26. The minimum absolute atomic E-state index is 0.0825. The van der Waals surface area contributed by atoms with Crippen molar-refractivity contribution in [1.29, 1.82) is 0 Å². The summed E-state index contributed by atoms with van der Waals surface area (Å²) in [5.41, 5.74) is 1.74. The smallest absolute Gasteiger partial charge is 0.273 e. The Morgan fingerprint density at radius 2 is 2.07 bits per heavy atom. The number of nitro benzene ring substituents is 1. The highest BCUT2D eigenvalue weighted by Crippen LogP contribution is 2.33.